The van der Waals surface area contributed by atoms with E-state index in [0.29, 0.717) is 18.5 Å². The van der Waals surface area contributed by atoms with Crippen LogP contribution in [0.2, 0.25) is 0 Å². The molecule has 0 unspecified atom stereocenters. The van der Waals surface area contributed by atoms with Gasteiger partial charge in [0.2, 0.25) is 0 Å². The van der Waals surface area contributed by atoms with Crippen LogP contribution in [0.15, 0.2) is 41.5 Å². The van der Waals surface area contributed by atoms with Gasteiger partial charge in [0.25, 0.3) is 5.56 Å². The molecule has 0 aromatic carbocycles. The molecule has 7 nitrogen and oxygen atoms in total. The van der Waals surface area contributed by atoms with Gasteiger partial charge in [-0.1, -0.05) is 25.7 Å². The van der Waals surface area contributed by atoms with E-state index in [9.17, 15) is 9.59 Å². The van der Waals surface area contributed by atoms with E-state index in [1.807, 2.05) is 17.0 Å². The summed E-state index contributed by atoms with van der Waals surface area (Å²) in [7, 11) is 0. The highest BCUT2D eigenvalue weighted by Crippen LogP contribution is 2.21. The zero-order valence-corrected chi connectivity index (χ0v) is 17.5. The molecule has 2 aromatic rings. The fourth-order valence-electron chi connectivity index (χ4n) is 4.51. The van der Waals surface area contributed by atoms with Crippen LogP contribution < -0.4 is 10.9 Å². The van der Waals surface area contributed by atoms with Crippen molar-refractivity contribution in [2.75, 3.05) is 13.1 Å². The Morgan fingerprint density at radius 2 is 1.67 bits per heavy atom. The summed E-state index contributed by atoms with van der Waals surface area (Å²) in [5.41, 5.74) is 1.64. The van der Waals surface area contributed by atoms with Crippen molar-refractivity contribution in [1.82, 2.24) is 25.0 Å². The van der Waals surface area contributed by atoms with E-state index in [2.05, 4.69) is 15.4 Å². The van der Waals surface area contributed by atoms with Gasteiger partial charge in [0.15, 0.2) is 0 Å². The molecule has 1 aliphatic heterocycles. The lowest BCUT2D eigenvalue weighted by Crippen LogP contribution is -2.48. The minimum Gasteiger partial charge on any atom is -0.335 e. The Labute approximate surface area is 177 Å². The Morgan fingerprint density at radius 1 is 0.967 bits per heavy atom. The van der Waals surface area contributed by atoms with E-state index in [-0.39, 0.29) is 11.6 Å². The first kappa shape index (κ1) is 20.6. The number of carbonyl (C=O) groups excluding carboxylic acids is 1. The van der Waals surface area contributed by atoms with Crippen molar-refractivity contribution in [3.8, 4) is 11.3 Å². The van der Waals surface area contributed by atoms with Gasteiger partial charge in [0.1, 0.15) is 0 Å². The number of aromatic nitrogens is 3. The average molecular weight is 410 g/mol. The molecule has 1 aliphatic carbocycles. The van der Waals surface area contributed by atoms with Crippen LogP contribution in [0, 0.1) is 5.92 Å². The fourth-order valence-corrected chi connectivity index (χ4v) is 4.51. The first-order valence-electron chi connectivity index (χ1n) is 11.2. The monoisotopic (exact) mass is 409 g/mol. The number of amides is 2. The summed E-state index contributed by atoms with van der Waals surface area (Å²) >= 11 is 0. The zero-order chi connectivity index (χ0) is 20.8. The molecule has 2 amide bonds. The molecule has 0 bridgehead atoms. The minimum atomic E-state index is -0.0821. The molecule has 2 aliphatic rings. The van der Waals surface area contributed by atoms with Crippen molar-refractivity contribution >= 4 is 6.03 Å². The molecular formula is C23H31N5O2. The van der Waals surface area contributed by atoms with Gasteiger partial charge >= 0.3 is 6.03 Å². The van der Waals surface area contributed by atoms with E-state index >= 15 is 0 Å². The number of urea groups is 1. The number of hydrogen-bond acceptors (Lipinski definition) is 4. The molecule has 0 atom stereocenters. The lowest BCUT2D eigenvalue weighted by molar-refractivity contribution is 0.159. The lowest BCUT2D eigenvalue weighted by atomic mass is 9.97. The van der Waals surface area contributed by atoms with Crippen LogP contribution in [0.4, 0.5) is 4.79 Å². The third-order valence-corrected chi connectivity index (χ3v) is 6.36. The second-order valence-corrected chi connectivity index (χ2v) is 8.54. The number of piperidine rings is 1. The van der Waals surface area contributed by atoms with Gasteiger partial charge in [-0.25, -0.2) is 9.48 Å². The first-order chi connectivity index (χ1) is 14.7. The quantitative estimate of drug-likeness (QED) is 0.785. The maximum Gasteiger partial charge on any atom is 0.317 e. The SMILES string of the molecule is O=C(NC1CCCCCC1)N1CCC(Cn2nc(-c3ccncc3)ccc2=O)CC1. The lowest BCUT2D eigenvalue weighted by Gasteiger charge is -2.33. The number of pyridine rings is 1. The Balaban J connectivity index is 1.31. The maximum atomic E-state index is 12.6. The van der Waals surface area contributed by atoms with Crippen LogP contribution in [0.1, 0.15) is 51.4 Å². The second-order valence-electron chi connectivity index (χ2n) is 8.54. The molecule has 0 spiro atoms. The van der Waals surface area contributed by atoms with Crippen LogP contribution in [0.25, 0.3) is 11.3 Å². The van der Waals surface area contributed by atoms with E-state index in [4.69, 9.17) is 0 Å². The van der Waals surface area contributed by atoms with Crippen molar-refractivity contribution in [2.45, 2.75) is 64.0 Å². The molecule has 0 radical (unpaired) electrons. The summed E-state index contributed by atoms with van der Waals surface area (Å²) in [5, 5.41) is 7.80. The molecule has 1 saturated carbocycles. The molecule has 2 fully saturated rings. The molecule has 1 saturated heterocycles. The largest absolute Gasteiger partial charge is 0.335 e. The summed E-state index contributed by atoms with van der Waals surface area (Å²) in [4.78, 5) is 30.9. The molecule has 30 heavy (non-hydrogen) atoms. The normalized spacial score (nSPS) is 18.7. The van der Waals surface area contributed by atoms with E-state index < -0.39 is 0 Å². The summed E-state index contributed by atoms with van der Waals surface area (Å²) < 4.78 is 1.57. The molecule has 1 N–H and O–H groups in total. The van der Waals surface area contributed by atoms with Crippen molar-refractivity contribution < 1.29 is 4.79 Å². The predicted molar refractivity (Wildman–Crippen MR) is 116 cm³/mol. The van der Waals surface area contributed by atoms with Gasteiger partial charge < -0.3 is 10.2 Å². The molecule has 4 rings (SSSR count). The van der Waals surface area contributed by atoms with Gasteiger partial charge in [0.05, 0.1) is 5.69 Å². The predicted octanol–water partition coefficient (Wildman–Crippen LogP) is 3.45. The number of carbonyl (C=O) groups is 1. The number of nitrogens with zero attached hydrogens (tertiary/aromatic N) is 4. The third kappa shape index (κ3) is 5.26. The fraction of sp³-hybridized carbons (Fsp3) is 0.565. The van der Waals surface area contributed by atoms with Crippen molar-refractivity contribution in [3.63, 3.8) is 0 Å². The standard InChI is InChI=1S/C23H31N5O2/c29-22-8-7-21(19-9-13-24-14-10-19)26-28(22)17-18-11-15-27(16-12-18)23(30)25-20-5-3-1-2-4-6-20/h7-10,13-14,18,20H,1-6,11-12,15-17H2,(H,25,30). The topological polar surface area (TPSA) is 80.1 Å². The van der Waals surface area contributed by atoms with Gasteiger partial charge in [-0.2, -0.15) is 5.10 Å². The van der Waals surface area contributed by atoms with E-state index in [1.165, 1.54) is 25.7 Å². The number of nitrogens with one attached hydrogen (secondary N) is 1. The first-order valence-corrected chi connectivity index (χ1v) is 11.2. The van der Waals surface area contributed by atoms with E-state index in [0.717, 1.165) is 50.0 Å². The maximum absolute atomic E-state index is 12.6. The highest BCUT2D eigenvalue weighted by Gasteiger charge is 2.25. The average Bonchev–Trinajstić information content (AvgIpc) is 3.05. The molecular weight excluding hydrogens is 378 g/mol. The smallest absolute Gasteiger partial charge is 0.317 e. The molecule has 2 aromatic heterocycles. The highest BCUT2D eigenvalue weighted by atomic mass is 16.2. The second kappa shape index (κ2) is 9.87. The molecule has 7 heteroatoms. The zero-order valence-electron chi connectivity index (χ0n) is 17.5. The van der Waals surface area contributed by atoms with Crippen LogP contribution in [-0.4, -0.2) is 44.8 Å². The van der Waals surface area contributed by atoms with Gasteiger partial charge in [0, 0.05) is 49.7 Å². The van der Waals surface area contributed by atoms with Crippen LogP contribution >= 0.6 is 0 Å². The molecule has 3 heterocycles. The Kier molecular flexibility index (Phi) is 6.77. The number of rotatable bonds is 4. The molecule has 160 valence electrons. The Bertz CT molecular complexity index is 882. The van der Waals surface area contributed by atoms with Gasteiger partial charge in [-0.05, 0) is 49.8 Å². The van der Waals surface area contributed by atoms with Crippen LogP contribution in [0.5, 0.6) is 0 Å². The summed E-state index contributed by atoms with van der Waals surface area (Å²) in [6, 6.07) is 7.53. The van der Waals surface area contributed by atoms with Crippen molar-refractivity contribution in [1.29, 1.82) is 0 Å². The van der Waals surface area contributed by atoms with Gasteiger partial charge in [-0.3, -0.25) is 9.78 Å². The van der Waals surface area contributed by atoms with E-state index in [1.54, 1.807) is 29.2 Å². The summed E-state index contributed by atoms with van der Waals surface area (Å²) in [5.74, 6) is 0.352. The summed E-state index contributed by atoms with van der Waals surface area (Å²) in [6.07, 6.45) is 12.4. The minimum absolute atomic E-state index is 0.0790. The Morgan fingerprint density at radius 3 is 2.37 bits per heavy atom. The number of hydrogen-bond donors (Lipinski definition) is 1. The summed E-state index contributed by atoms with van der Waals surface area (Å²) in [6.45, 7) is 2.07. The third-order valence-electron chi connectivity index (χ3n) is 6.36. The van der Waals surface area contributed by atoms with Gasteiger partial charge in [-0.15, -0.1) is 0 Å². The number of likely N-dealkylation sites (tertiary alicyclic amines) is 1. The van der Waals surface area contributed by atoms with Crippen molar-refractivity contribution in [2.24, 2.45) is 5.92 Å². The van der Waals surface area contributed by atoms with Crippen LogP contribution in [0.3, 0.4) is 0 Å². The van der Waals surface area contributed by atoms with Crippen LogP contribution in [-0.2, 0) is 6.54 Å². The van der Waals surface area contributed by atoms with Crippen molar-refractivity contribution in [3.05, 3.63) is 47.0 Å². The highest BCUT2D eigenvalue weighted by molar-refractivity contribution is 5.74. The Hall–Kier alpha value is -2.70.